The first-order chi connectivity index (χ1) is 25.6. The molecule has 1 heterocycles. The summed E-state index contributed by atoms with van der Waals surface area (Å²) in [5, 5.41) is 2.73. The van der Waals surface area contributed by atoms with Gasteiger partial charge in [-0.3, -0.25) is 13.8 Å². The number of methoxy groups -OCH3 is 1. The Kier molecular flexibility index (Phi) is 13.7. The van der Waals surface area contributed by atoms with Gasteiger partial charge in [0.2, 0.25) is 5.91 Å². The summed E-state index contributed by atoms with van der Waals surface area (Å²) in [6, 6.07) is 3.05. The first kappa shape index (κ1) is 44.0. The molecule has 1 unspecified atom stereocenters. The normalized spacial score (nSPS) is 25.5. The van der Waals surface area contributed by atoms with Crippen LogP contribution < -0.4 is 5.32 Å². The maximum Gasteiger partial charge on any atom is 0.418 e. The molecule has 14 nitrogen and oxygen atoms in total. The molecule has 304 valence electrons. The Morgan fingerprint density at radius 3 is 2.22 bits per heavy atom. The fourth-order valence-electron chi connectivity index (χ4n) is 6.97. The van der Waals surface area contributed by atoms with Gasteiger partial charge in [0.1, 0.15) is 23.3 Å². The molecule has 1 saturated heterocycles. The lowest BCUT2D eigenvalue weighted by Gasteiger charge is -2.35. The SMILES string of the molecule is C=C[C@@H]1C[C@@]1(C(=O)OC)N(C(=O)OC(C)(C)C)C(=O)[C@@H]1C[C@H](OS(=O)(=O)c2ccc(Br)cc2)CN1C(=O)[C@@H](NC(=O)OC(C)(C)C)C1C[C@H]1CC/C=C\CC. The van der Waals surface area contributed by atoms with Crippen molar-refractivity contribution in [2.75, 3.05) is 13.7 Å². The van der Waals surface area contributed by atoms with E-state index in [4.69, 9.17) is 18.4 Å². The molecule has 3 aliphatic rings. The third kappa shape index (κ3) is 10.8. The largest absolute Gasteiger partial charge is 0.467 e. The monoisotopic (exact) mass is 851 g/mol. The summed E-state index contributed by atoms with van der Waals surface area (Å²) in [5.41, 5.74) is -3.81. The van der Waals surface area contributed by atoms with Gasteiger partial charge in [0, 0.05) is 23.4 Å². The lowest BCUT2D eigenvalue weighted by molar-refractivity contribution is -0.157. The van der Waals surface area contributed by atoms with Crippen LogP contribution in [0.15, 0.2) is 58.4 Å². The Morgan fingerprint density at radius 1 is 1.04 bits per heavy atom. The molecular formula is C39H54BrN3O11S. The van der Waals surface area contributed by atoms with Crippen LogP contribution in [0.3, 0.4) is 0 Å². The molecule has 1 aromatic rings. The molecule has 3 fully saturated rings. The van der Waals surface area contributed by atoms with Crippen LogP contribution in [-0.4, -0.2) is 96.8 Å². The second-order valence-electron chi connectivity index (χ2n) is 16.2. The Morgan fingerprint density at radius 2 is 1.67 bits per heavy atom. The Balaban J connectivity index is 1.77. The van der Waals surface area contributed by atoms with Crippen molar-refractivity contribution in [3.63, 3.8) is 0 Å². The van der Waals surface area contributed by atoms with Crippen molar-refractivity contribution < 1.29 is 50.8 Å². The van der Waals surface area contributed by atoms with Gasteiger partial charge in [0.25, 0.3) is 16.0 Å². The van der Waals surface area contributed by atoms with E-state index in [2.05, 4.69) is 40.0 Å². The van der Waals surface area contributed by atoms with Crippen LogP contribution in [-0.2, 0) is 42.9 Å². The first-order valence-electron chi connectivity index (χ1n) is 18.5. The van der Waals surface area contributed by atoms with Crippen molar-refractivity contribution >= 4 is 56.0 Å². The molecule has 0 aromatic heterocycles. The minimum absolute atomic E-state index is 0.00818. The number of carbonyl (C=O) groups excluding carboxylic acids is 5. The molecule has 4 rings (SSSR count). The van der Waals surface area contributed by atoms with Gasteiger partial charge >= 0.3 is 18.2 Å². The molecule has 7 atom stereocenters. The standard InChI is InChI=1S/C39H54BrN3O11S/c1-10-12-13-14-15-24-20-29(24)31(41-35(47)52-37(3,4)5)33(45)42-23-27(54-55(49,50)28-18-16-26(40)17-19-28)21-30(42)32(44)43(36(48)53-38(6,7)8)39(34(46)51-9)22-25(39)11-2/h11-13,16-19,24-25,27,29-31H,2,10,14-15,20-23H2,1,3-9H3,(H,41,47)/b13-12-/t24-,25-,27+,29?,30+,31+,39-/m1/s1. The fraction of sp³-hybridized carbons (Fsp3) is 0.615. The number of hydrogen-bond donors (Lipinski definition) is 1. The van der Waals surface area contributed by atoms with Crippen molar-refractivity contribution in [2.24, 2.45) is 17.8 Å². The van der Waals surface area contributed by atoms with E-state index in [0.717, 1.165) is 31.3 Å². The van der Waals surface area contributed by atoms with Gasteiger partial charge in [-0.25, -0.2) is 19.3 Å². The summed E-state index contributed by atoms with van der Waals surface area (Å²) >= 11 is 3.28. The van der Waals surface area contributed by atoms with Gasteiger partial charge in [-0.1, -0.05) is 41.1 Å². The predicted molar refractivity (Wildman–Crippen MR) is 206 cm³/mol. The number of ether oxygens (including phenoxy) is 3. The molecule has 1 N–H and O–H groups in total. The number of hydrogen-bond acceptors (Lipinski definition) is 11. The summed E-state index contributed by atoms with van der Waals surface area (Å²) in [4.78, 5) is 72.0. The molecule has 4 amide bonds. The second kappa shape index (κ2) is 17.2. The number of nitrogens with one attached hydrogen (secondary N) is 1. The number of rotatable bonds is 14. The fourth-order valence-corrected chi connectivity index (χ4v) is 8.32. The Bertz CT molecular complexity index is 1770. The van der Waals surface area contributed by atoms with E-state index >= 15 is 0 Å². The highest BCUT2D eigenvalue weighted by atomic mass is 79.9. The number of esters is 1. The predicted octanol–water partition coefficient (Wildman–Crippen LogP) is 6.28. The number of alkyl carbamates (subject to hydrolysis) is 1. The maximum absolute atomic E-state index is 14.9. The van der Waals surface area contributed by atoms with E-state index in [1.54, 1.807) is 41.5 Å². The van der Waals surface area contributed by atoms with Crippen molar-refractivity contribution in [3.05, 3.63) is 53.5 Å². The lowest BCUT2D eigenvalue weighted by atomic mass is 10.0. The van der Waals surface area contributed by atoms with E-state index < -0.39 is 87.5 Å². The van der Waals surface area contributed by atoms with Gasteiger partial charge < -0.3 is 24.4 Å². The number of imide groups is 1. The smallest absolute Gasteiger partial charge is 0.418 e. The highest BCUT2D eigenvalue weighted by molar-refractivity contribution is 9.10. The zero-order chi connectivity index (χ0) is 41.1. The zero-order valence-electron chi connectivity index (χ0n) is 32.8. The maximum atomic E-state index is 14.9. The average molecular weight is 853 g/mol. The zero-order valence-corrected chi connectivity index (χ0v) is 35.2. The second-order valence-corrected chi connectivity index (χ2v) is 18.7. The van der Waals surface area contributed by atoms with Gasteiger partial charge in [0.15, 0.2) is 5.54 Å². The third-order valence-corrected chi connectivity index (χ3v) is 11.6. The minimum Gasteiger partial charge on any atom is -0.467 e. The van der Waals surface area contributed by atoms with Gasteiger partial charge in [0.05, 0.1) is 18.1 Å². The van der Waals surface area contributed by atoms with Crippen molar-refractivity contribution in [1.82, 2.24) is 15.1 Å². The van der Waals surface area contributed by atoms with Crippen LogP contribution in [0.1, 0.15) is 87.0 Å². The Hall–Kier alpha value is -3.76. The van der Waals surface area contributed by atoms with Crippen molar-refractivity contribution in [3.8, 4) is 0 Å². The number of likely N-dealkylation sites (tertiary alicyclic amines) is 1. The van der Waals surface area contributed by atoms with E-state index in [9.17, 15) is 32.4 Å². The van der Waals surface area contributed by atoms with Crippen molar-refractivity contribution in [2.45, 2.75) is 127 Å². The average Bonchev–Trinajstić information content (AvgIpc) is 3.97. The molecule has 0 bridgehead atoms. The number of benzene rings is 1. The number of amides is 4. The summed E-state index contributed by atoms with van der Waals surface area (Å²) in [7, 11) is -3.29. The van der Waals surface area contributed by atoms with Crippen LogP contribution in [0.25, 0.3) is 0 Å². The van der Waals surface area contributed by atoms with Crippen LogP contribution >= 0.6 is 15.9 Å². The van der Waals surface area contributed by atoms with Crippen molar-refractivity contribution in [1.29, 1.82) is 0 Å². The highest BCUT2D eigenvalue weighted by Gasteiger charge is 2.69. The molecule has 2 saturated carbocycles. The summed E-state index contributed by atoms with van der Waals surface area (Å²) in [6.45, 7) is 15.2. The molecule has 1 aliphatic heterocycles. The van der Waals surface area contributed by atoms with Crippen LogP contribution in [0.5, 0.6) is 0 Å². The van der Waals surface area contributed by atoms with E-state index in [0.29, 0.717) is 15.8 Å². The van der Waals surface area contributed by atoms with E-state index in [1.165, 1.54) is 30.3 Å². The summed E-state index contributed by atoms with van der Waals surface area (Å²) in [6.07, 6.45) is 4.91. The van der Waals surface area contributed by atoms with Crippen LogP contribution in [0, 0.1) is 17.8 Å². The topological polar surface area (TPSA) is 175 Å². The van der Waals surface area contributed by atoms with Crippen LogP contribution in [0.4, 0.5) is 9.59 Å². The quantitative estimate of drug-likeness (QED) is 0.0966. The lowest BCUT2D eigenvalue weighted by Crippen LogP contribution is -2.60. The van der Waals surface area contributed by atoms with E-state index in [1.807, 2.05) is 6.92 Å². The van der Waals surface area contributed by atoms with E-state index in [-0.39, 0.29) is 29.6 Å². The number of halogens is 1. The molecule has 2 aliphatic carbocycles. The van der Waals surface area contributed by atoms with Gasteiger partial charge in [-0.2, -0.15) is 8.42 Å². The number of allylic oxidation sites excluding steroid dienone is 2. The Labute approximate surface area is 332 Å². The molecule has 55 heavy (non-hydrogen) atoms. The summed E-state index contributed by atoms with van der Waals surface area (Å²) in [5.74, 6) is -3.54. The van der Waals surface area contributed by atoms with Crippen LogP contribution in [0.2, 0.25) is 0 Å². The molecule has 0 radical (unpaired) electrons. The first-order valence-corrected chi connectivity index (χ1v) is 20.7. The summed E-state index contributed by atoms with van der Waals surface area (Å²) < 4.78 is 49.5. The highest BCUT2D eigenvalue weighted by Crippen LogP contribution is 2.52. The van der Waals surface area contributed by atoms with Gasteiger partial charge in [-0.05, 0) is 110 Å². The van der Waals surface area contributed by atoms with Gasteiger partial charge in [-0.15, -0.1) is 6.58 Å². The molecular weight excluding hydrogens is 798 g/mol. The molecule has 0 spiro atoms. The third-order valence-electron chi connectivity index (χ3n) is 9.65. The minimum atomic E-state index is -4.41. The molecule has 16 heteroatoms. The molecule has 1 aromatic carbocycles. The number of nitrogens with zero attached hydrogens (tertiary/aromatic N) is 2. The number of carbonyl (C=O) groups is 5.